The number of amides is 1. The Morgan fingerprint density at radius 3 is 2.51 bits per heavy atom. The quantitative estimate of drug-likeness (QED) is 0.386. The Morgan fingerprint density at radius 1 is 1.00 bits per heavy atom. The third kappa shape index (κ3) is 6.72. The minimum atomic E-state index is -0.594. The van der Waals surface area contributed by atoms with Crippen molar-refractivity contribution in [3.63, 3.8) is 0 Å². The van der Waals surface area contributed by atoms with Gasteiger partial charge in [0.05, 0.1) is 43.4 Å². The van der Waals surface area contributed by atoms with E-state index in [9.17, 15) is 14.7 Å². The standard InChI is InChI=1S/C37H44FN7O4/c1-25-6-4-3-5-11-44-16-17-45(37(48)33(44)18-25)35-30(22-46)29(8-9-31(35)38)26-19-32(36(47)41(2)21-26)40-34-10-7-27(20-39-34)42-12-14-43(15-13-42)28-23-49-24-28/h7-10,18-21,28,46H,1,3-6,11-17,22-24H2,2H3,(H,39,40)/b33-18-. The maximum absolute atomic E-state index is 15.7. The molecule has 1 aromatic carbocycles. The van der Waals surface area contributed by atoms with Gasteiger partial charge in [-0.3, -0.25) is 14.5 Å². The van der Waals surface area contributed by atoms with Crippen LogP contribution in [-0.4, -0.2) is 95.4 Å². The first-order chi connectivity index (χ1) is 23.8. The lowest BCUT2D eigenvalue weighted by Crippen LogP contribution is -2.56. The van der Waals surface area contributed by atoms with Crippen molar-refractivity contribution in [3.05, 3.63) is 88.4 Å². The fourth-order valence-corrected chi connectivity index (χ4v) is 7.25. The first kappa shape index (κ1) is 33.0. The summed E-state index contributed by atoms with van der Waals surface area (Å²) in [5, 5.41) is 13.8. The number of aliphatic hydroxyl groups is 1. The molecule has 3 fully saturated rings. The van der Waals surface area contributed by atoms with Gasteiger partial charge < -0.3 is 34.4 Å². The predicted octanol–water partition coefficient (Wildman–Crippen LogP) is 4.01. The van der Waals surface area contributed by atoms with Gasteiger partial charge in [-0.2, -0.15) is 0 Å². The normalized spacial score (nSPS) is 20.6. The van der Waals surface area contributed by atoms with Crippen molar-refractivity contribution in [1.82, 2.24) is 19.4 Å². The molecular weight excluding hydrogens is 625 g/mol. The van der Waals surface area contributed by atoms with Crippen LogP contribution in [0.15, 0.2) is 71.4 Å². The van der Waals surface area contributed by atoms with Gasteiger partial charge in [0, 0.05) is 70.2 Å². The lowest BCUT2D eigenvalue weighted by atomic mass is 9.97. The van der Waals surface area contributed by atoms with Gasteiger partial charge in [0.2, 0.25) is 0 Å². The minimum absolute atomic E-state index is 0.0542. The van der Waals surface area contributed by atoms with Gasteiger partial charge in [-0.15, -0.1) is 0 Å². The third-order valence-electron chi connectivity index (χ3n) is 10.1. The molecular formula is C37H44FN7O4. The number of carbonyl (C=O) groups excluding carboxylic acids is 1. The van der Waals surface area contributed by atoms with Crippen LogP contribution in [0.5, 0.6) is 0 Å². The zero-order valence-electron chi connectivity index (χ0n) is 28.0. The average Bonchev–Trinajstić information content (AvgIpc) is 3.17. The smallest absolute Gasteiger partial charge is 0.274 e. The number of halogens is 1. The molecule has 258 valence electrons. The molecule has 0 bridgehead atoms. The Bertz CT molecular complexity index is 1810. The number of nitrogens with one attached hydrogen (secondary N) is 1. The number of carbonyl (C=O) groups is 1. The number of aromatic nitrogens is 2. The fraction of sp³-hybridized carbons (Fsp3) is 0.432. The van der Waals surface area contributed by atoms with E-state index >= 15 is 4.39 Å². The van der Waals surface area contributed by atoms with E-state index in [0.717, 1.165) is 82.9 Å². The number of aliphatic hydroxyl groups excluding tert-OH is 1. The average molecular weight is 670 g/mol. The van der Waals surface area contributed by atoms with E-state index in [-0.39, 0.29) is 34.9 Å². The summed E-state index contributed by atoms with van der Waals surface area (Å²) in [6, 6.07) is 8.98. The molecule has 1 amide bonds. The number of anilines is 4. The van der Waals surface area contributed by atoms with E-state index in [0.29, 0.717) is 35.2 Å². The van der Waals surface area contributed by atoms with Crippen LogP contribution in [0.25, 0.3) is 11.1 Å². The number of fused-ring (bicyclic) bond motifs is 1. The van der Waals surface area contributed by atoms with Crippen molar-refractivity contribution in [3.8, 4) is 11.1 Å². The van der Waals surface area contributed by atoms with E-state index in [1.807, 2.05) is 24.4 Å². The lowest BCUT2D eigenvalue weighted by molar-refractivity contribution is -0.117. The highest BCUT2D eigenvalue weighted by atomic mass is 19.1. The highest BCUT2D eigenvalue weighted by molar-refractivity contribution is 6.07. The molecule has 3 saturated heterocycles. The SMILES string of the molecule is C=C1/C=C2/C(=O)N(c3c(F)ccc(-c4cc(Nc5ccc(N6CCN(C7COC7)CC6)cn5)c(=O)n(C)c4)c3CO)CCN2CCCCC1. The Morgan fingerprint density at radius 2 is 1.80 bits per heavy atom. The number of ether oxygens (including phenoxy) is 1. The number of aryl methyl sites for hydroxylation is 1. The second-order valence-electron chi connectivity index (χ2n) is 13.3. The van der Waals surface area contributed by atoms with Gasteiger partial charge >= 0.3 is 0 Å². The Labute approximate surface area is 285 Å². The summed E-state index contributed by atoms with van der Waals surface area (Å²) in [5.41, 5.74) is 3.86. The Balaban J connectivity index is 1.14. The van der Waals surface area contributed by atoms with Crippen LogP contribution in [0.4, 0.5) is 27.3 Å². The molecule has 0 radical (unpaired) electrons. The van der Waals surface area contributed by atoms with Gasteiger partial charge in [-0.25, -0.2) is 9.37 Å². The molecule has 0 saturated carbocycles. The van der Waals surface area contributed by atoms with Crippen LogP contribution >= 0.6 is 0 Å². The summed E-state index contributed by atoms with van der Waals surface area (Å²) in [6.45, 7) is 10.6. The van der Waals surface area contributed by atoms with E-state index in [1.54, 1.807) is 25.4 Å². The summed E-state index contributed by atoms with van der Waals surface area (Å²) >= 11 is 0. The monoisotopic (exact) mass is 669 g/mol. The largest absolute Gasteiger partial charge is 0.392 e. The number of pyridine rings is 2. The number of hydrogen-bond acceptors (Lipinski definition) is 9. The number of hydrogen-bond donors (Lipinski definition) is 2. The fourth-order valence-electron chi connectivity index (χ4n) is 7.25. The number of piperazine rings is 2. The highest BCUT2D eigenvalue weighted by Gasteiger charge is 2.34. The van der Waals surface area contributed by atoms with Crippen molar-refractivity contribution in [2.75, 3.05) is 74.1 Å². The van der Waals surface area contributed by atoms with Gasteiger partial charge in [0.15, 0.2) is 0 Å². The Kier molecular flexibility index (Phi) is 9.53. The second-order valence-corrected chi connectivity index (χ2v) is 13.3. The number of rotatable bonds is 7. The van der Waals surface area contributed by atoms with Gasteiger partial charge in [-0.05, 0) is 55.2 Å². The molecule has 0 spiro atoms. The van der Waals surface area contributed by atoms with Crippen molar-refractivity contribution in [2.45, 2.75) is 38.3 Å². The van der Waals surface area contributed by atoms with Crippen LogP contribution in [0.1, 0.15) is 31.2 Å². The minimum Gasteiger partial charge on any atom is -0.392 e. The Hall–Kier alpha value is -4.52. The molecule has 2 aromatic heterocycles. The molecule has 0 atom stereocenters. The van der Waals surface area contributed by atoms with Crippen LogP contribution in [0.3, 0.4) is 0 Å². The van der Waals surface area contributed by atoms with Crippen LogP contribution in [0, 0.1) is 5.82 Å². The predicted molar refractivity (Wildman–Crippen MR) is 189 cm³/mol. The van der Waals surface area contributed by atoms with Gasteiger partial charge in [-0.1, -0.05) is 24.6 Å². The number of allylic oxidation sites excluding steroid dienone is 2. The highest BCUT2D eigenvalue weighted by Crippen LogP contribution is 2.37. The van der Waals surface area contributed by atoms with Crippen LogP contribution in [0.2, 0.25) is 0 Å². The number of benzene rings is 1. The van der Waals surface area contributed by atoms with Crippen molar-refractivity contribution < 1.29 is 19.0 Å². The van der Waals surface area contributed by atoms with E-state index in [2.05, 4.69) is 31.6 Å². The van der Waals surface area contributed by atoms with Gasteiger partial charge in [0.25, 0.3) is 11.5 Å². The first-order valence-electron chi connectivity index (χ1n) is 17.2. The summed E-state index contributed by atoms with van der Waals surface area (Å²) in [5.74, 6) is -0.394. The van der Waals surface area contributed by atoms with E-state index < -0.39 is 12.4 Å². The molecule has 0 aliphatic carbocycles. The second kappa shape index (κ2) is 14.1. The molecule has 7 rings (SSSR count). The summed E-state index contributed by atoms with van der Waals surface area (Å²) in [6.07, 6.45) is 9.16. The summed E-state index contributed by atoms with van der Waals surface area (Å²) in [4.78, 5) is 40.1. The van der Waals surface area contributed by atoms with Crippen molar-refractivity contribution >= 4 is 28.8 Å². The molecule has 4 aliphatic rings. The molecule has 3 aromatic rings. The van der Waals surface area contributed by atoms with Gasteiger partial charge in [0.1, 0.15) is 23.0 Å². The van der Waals surface area contributed by atoms with Crippen LogP contribution in [-0.2, 0) is 23.2 Å². The maximum atomic E-state index is 15.7. The molecule has 0 unspecified atom stereocenters. The van der Waals surface area contributed by atoms with E-state index in [1.165, 1.54) is 15.5 Å². The molecule has 6 heterocycles. The third-order valence-corrected chi connectivity index (χ3v) is 10.1. The maximum Gasteiger partial charge on any atom is 0.274 e. The lowest BCUT2D eigenvalue weighted by Gasteiger charge is -2.43. The molecule has 2 N–H and O–H groups in total. The molecule has 49 heavy (non-hydrogen) atoms. The topological polar surface area (TPSA) is 106 Å². The number of nitrogens with zero attached hydrogens (tertiary/aromatic N) is 6. The first-order valence-corrected chi connectivity index (χ1v) is 17.2. The summed E-state index contributed by atoms with van der Waals surface area (Å²) < 4.78 is 22.5. The molecule has 12 heteroatoms. The van der Waals surface area contributed by atoms with Crippen molar-refractivity contribution in [2.24, 2.45) is 7.05 Å². The zero-order chi connectivity index (χ0) is 34.1. The zero-order valence-corrected chi connectivity index (χ0v) is 28.0. The summed E-state index contributed by atoms with van der Waals surface area (Å²) in [7, 11) is 1.64. The van der Waals surface area contributed by atoms with Crippen molar-refractivity contribution in [1.29, 1.82) is 0 Å². The van der Waals surface area contributed by atoms with Crippen LogP contribution < -0.4 is 20.7 Å². The molecule has 11 nitrogen and oxygen atoms in total. The molecule has 4 aliphatic heterocycles. The van der Waals surface area contributed by atoms with E-state index in [4.69, 9.17) is 4.74 Å².